The molecule has 0 radical (unpaired) electrons. The molecule has 3 heterocycles. The van der Waals surface area contributed by atoms with Crippen molar-refractivity contribution in [1.82, 2.24) is 10.2 Å². The van der Waals surface area contributed by atoms with Crippen LogP contribution in [0.5, 0.6) is 0 Å². The van der Waals surface area contributed by atoms with E-state index in [1.165, 1.54) is 17.7 Å². The number of hydrogen-bond donors (Lipinski definition) is 1. The first-order valence-corrected chi connectivity index (χ1v) is 6.48. The molecule has 3 aliphatic rings. The smallest absolute Gasteiger partial charge is 0.0645 e. The van der Waals surface area contributed by atoms with Gasteiger partial charge in [-0.05, 0) is 24.5 Å². The van der Waals surface area contributed by atoms with Crippen molar-refractivity contribution >= 4 is 0 Å². The zero-order valence-corrected chi connectivity index (χ0v) is 10.4. The Kier molecular flexibility index (Phi) is 3.04. The largest absolute Gasteiger partial charge is 0.384 e. The van der Waals surface area contributed by atoms with Crippen molar-refractivity contribution in [1.29, 1.82) is 0 Å². The van der Waals surface area contributed by atoms with Gasteiger partial charge in [0, 0.05) is 25.3 Å². The summed E-state index contributed by atoms with van der Waals surface area (Å²) in [5.74, 6) is 0. The molecule has 1 fully saturated rings. The number of nitrogens with one attached hydrogen (secondary N) is 1. The molecule has 3 heteroatoms. The maximum atomic E-state index is 5.25. The van der Waals surface area contributed by atoms with E-state index in [0.29, 0.717) is 12.1 Å². The standard InChI is InChI=1S/C14H20N2O/c1-11-2-3-13(8-15-11)12-4-6-16(7-5-12)14-9-17-10-14/h2-4,8,11,14-15H,5-7,9-10H2,1H3. The first-order chi connectivity index (χ1) is 8.33. The molecule has 0 aromatic rings. The lowest BCUT2D eigenvalue weighted by Gasteiger charge is -2.39. The molecule has 0 saturated carbocycles. The molecule has 3 aliphatic heterocycles. The predicted molar refractivity (Wildman–Crippen MR) is 68.7 cm³/mol. The zero-order chi connectivity index (χ0) is 11.7. The van der Waals surface area contributed by atoms with Crippen LogP contribution in [0.4, 0.5) is 0 Å². The molecule has 92 valence electrons. The van der Waals surface area contributed by atoms with Crippen molar-refractivity contribution < 1.29 is 4.74 Å². The molecule has 0 amide bonds. The maximum absolute atomic E-state index is 5.25. The second-order valence-corrected chi connectivity index (χ2v) is 5.08. The van der Waals surface area contributed by atoms with E-state index in [1.807, 2.05) is 0 Å². The molecule has 0 aliphatic carbocycles. The minimum Gasteiger partial charge on any atom is -0.384 e. The molecule has 17 heavy (non-hydrogen) atoms. The molecule has 1 unspecified atom stereocenters. The van der Waals surface area contributed by atoms with Gasteiger partial charge in [0.25, 0.3) is 0 Å². The number of allylic oxidation sites excluding steroid dienone is 2. The van der Waals surface area contributed by atoms with Crippen LogP contribution in [0.15, 0.2) is 35.6 Å². The highest BCUT2D eigenvalue weighted by atomic mass is 16.5. The van der Waals surface area contributed by atoms with Gasteiger partial charge in [0.05, 0.1) is 19.3 Å². The van der Waals surface area contributed by atoms with Gasteiger partial charge in [-0.1, -0.05) is 18.2 Å². The van der Waals surface area contributed by atoms with E-state index in [1.54, 1.807) is 0 Å². The van der Waals surface area contributed by atoms with E-state index in [4.69, 9.17) is 4.74 Å². The third-order valence-corrected chi connectivity index (χ3v) is 3.81. The van der Waals surface area contributed by atoms with E-state index in [2.05, 4.69) is 41.6 Å². The summed E-state index contributed by atoms with van der Waals surface area (Å²) in [5.41, 5.74) is 2.84. The van der Waals surface area contributed by atoms with Gasteiger partial charge >= 0.3 is 0 Å². The van der Waals surface area contributed by atoms with E-state index >= 15 is 0 Å². The molecule has 3 rings (SSSR count). The summed E-state index contributed by atoms with van der Waals surface area (Å²) in [6.45, 7) is 6.25. The van der Waals surface area contributed by atoms with Crippen molar-refractivity contribution in [2.45, 2.75) is 25.4 Å². The van der Waals surface area contributed by atoms with E-state index in [-0.39, 0.29) is 0 Å². The molecule has 1 atom stereocenters. The average molecular weight is 232 g/mol. The normalized spacial score (nSPS) is 30.3. The van der Waals surface area contributed by atoms with E-state index < -0.39 is 0 Å². The number of ether oxygens (including phenoxy) is 1. The van der Waals surface area contributed by atoms with Crippen LogP contribution in [-0.4, -0.2) is 43.3 Å². The number of hydrogen-bond acceptors (Lipinski definition) is 3. The van der Waals surface area contributed by atoms with Crippen LogP contribution in [0.3, 0.4) is 0 Å². The Morgan fingerprint density at radius 2 is 2.29 bits per heavy atom. The quantitative estimate of drug-likeness (QED) is 0.780. The summed E-state index contributed by atoms with van der Waals surface area (Å²) in [6.07, 6.45) is 10.1. The third-order valence-electron chi connectivity index (χ3n) is 3.81. The summed E-state index contributed by atoms with van der Waals surface area (Å²) in [4.78, 5) is 2.52. The van der Waals surface area contributed by atoms with E-state index in [0.717, 1.165) is 26.2 Å². The lowest BCUT2D eigenvalue weighted by molar-refractivity contribution is -0.0619. The summed E-state index contributed by atoms with van der Waals surface area (Å²) < 4.78 is 5.25. The second-order valence-electron chi connectivity index (χ2n) is 5.08. The van der Waals surface area contributed by atoms with Crippen LogP contribution < -0.4 is 5.32 Å². The minimum absolute atomic E-state index is 0.464. The molecular weight excluding hydrogens is 212 g/mol. The number of dihydropyridines is 1. The first kappa shape index (κ1) is 11.1. The van der Waals surface area contributed by atoms with Crippen LogP contribution in [0, 0.1) is 0 Å². The molecule has 1 N–H and O–H groups in total. The highest BCUT2D eigenvalue weighted by Crippen LogP contribution is 2.24. The van der Waals surface area contributed by atoms with Crippen LogP contribution in [0.1, 0.15) is 13.3 Å². The average Bonchev–Trinajstić information content (AvgIpc) is 2.29. The molecule has 1 saturated heterocycles. The minimum atomic E-state index is 0.464. The van der Waals surface area contributed by atoms with E-state index in [9.17, 15) is 0 Å². The Morgan fingerprint density at radius 3 is 2.82 bits per heavy atom. The Balaban J connectivity index is 1.62. The first-order valence-electron chi connectivity index (χ1n) is 6.48. The van der Waals surface area contributed by atoms with Gasteiger partial charge < -0.3 is 10.1 Å². The zero-order valence-electron chi connectivity index (χ0n) is 10.4. The molecule has 0 aromatic heterocycles. The Morgan fingerprint density at radius 1 is 1.41 bits per heavy atom. The molecule has 3 nitrogen and oxygen atoms in total. The topological polar surface area (TPSA) is 24.5 Å². The number of rotatable bonds is 2. The SMILES string of the molecule is CC1C=CC(C2=CCN(C3COC3)CC2)=CN1. The Hall–Kier alpha value is -1.06. The van der Waals surface area contributed by atoms with Crippen LogP contribution in [-0.2, 0) is 4.74 Å². The van der Waals surface area contributed by atoms with Crippen molar-refractivity contribution in [3.63, 3.8) is 0 Å². The van der Waals surface area contributed by atoms with Crippen molar-refractivity contribution in [3.8, 4) is 0 Å². The fourth-order valence-electron chi connectivity index (χ4n) is 2.49. The van der Waals surface area contributed by atoms with Crippen molar-refractivity contribution in [2.75, 3.05) is 26.3 Å². The highest BCUT2D eigenvalue weighted by molar-refractivity contribution is 5.42. The van der Waals surface area contributed by atoms with Gasteiger partial charge in [-0.25, -0.2) is 0 Å². The molecule has 0 aromatic carbocycles. The number of nitrogens with zero attached hydrogens (tertiary/aromatic N) is 1. The van der Waals surface area contributed by atoms with Gasteiger partial charge in [0.2, 0.25) is 0 Å². The Bertz CT molecular complexity index is 380. The van der Waals surface area contributed by atoms with Crippen LogP contribution in [0.2, 0.25) is 0 Å². The fraction of sp³-hybridized carbons (Fsp3) is 0.571. The molecule has 0 spiro atoms. The summed E-state index contributed by atoms with van der Waals surface area (Å²) in [7, 11) is 0. The molecular formula is C14H20N2O. The maximum Gasteiger partial charge on any atom is 0.0645 e. The van der Waals surface area contributed by atoms with Gasteiger partial charge in [-0.3, -0.25) is 4.90 Å². The summed E-state index contributed by atoms with van der Waals surface area (Å²) in [5, 5.41) is 3.36. The van der Waals surface area contributed by atoms with Gasteiger partial charge in [-0.2, -0.15) is 0 Å². The van der Waals surface area contributed by atoms with Crippen molar-refractivity contribution in [3.05, 3.63) is 35.6 Å². The third kappa shape index (κ3) is 2.31. The second kappa shape index (κ2) is 4.67. The monoisotopic (exact) mass is 232 g/mol. The van der Waals surface area contributed by atoms with Crippen molar-refractivity contribution in [2.24, 2.45) is 0 Å². The Labute approximate surface area is 103 Å². The summed E-state index contributed by atoms with van der Waals surface area (Å²) >= 11 is 0. The fourth-order valence-corrected chi connectivity index (χ4v) is 2.49. The lowest BCUT2D eigenvalue weighted by Crippen LogP contribution is -2.50. The van der Waals surface area contributed by atoms with Gasteiger partial charge in [0.15, 0.2) is 0 Å². The molecule has 0 bridgehead atoms. The van der Waals surface area contributed by atoms with Crippen LogP contribution >= 0.6 is 0 Å². The lowest BCUT2D eigenvalue weighted by atomic mass is 9.96. The van der Waals surface area contributed by atoms with Gasteiger partial charge in [0.1, 0.15) is 0 Å². The predicted octanol–water partition coefficient (Wildman–Crippen LogP) is 1.45. The summed E-state index contributed by atoms with van der Waals surface area (Å²) in [6, 6.07) is 1.13. The van der Waals surface area contributed by atoms with Gasteiger partial charge in [-0.15, -0.1) is 0 Å². The highest BCUT2D eigenvalue weighted by Gasteiger charge is 2.27. The van der Waals surface area contributed by atoms with Crippen LogP contribution in [0.25, 0.3) is 0 Å².